The van der Waals surface area contributed by atoms with Crippen molar-refractivity contribution in [3.05, 3.63) is 211 Å². The summed E-state index contributed by atoms with van der Waals surface area (Å²) in [5.41, 5.74) is 15.3. The van der Waals surface area contributed by atoms with E-state index in [1.807, 2.05) is 0 Å². The summed E-state index contributed by atoms with van der Waals surface area (Å²) in [5, 5.41) is 7.61. The van der Waals surface area contributed by atoms with Crippen molar-refractivity contribution in [1.82, 2.24) is 4.57 Å². The lowest BCUT2D eigenvalue weighted by atomic mass is 9.81. The van der Waals surface area contributed by atoms with Gasteiger partial charge < -0.3 is 4.57 Å². The predicted molar refractivity (Wildman–Crippen MR) is 219 cm³/mol. The third-order valence-electron chi connectivity index (χ3n) is 11.3. The zero-order valence-electron chi connectivity index (χ0n) is 28.5. The van der Waals surface area contributed by atoms with Gasteiger partial charge in [0.1, 0.15) is 0 Å². The van der Waals surface area contributed by atoms with Crippen molar-refractivity contribution in [3.8, 4) is 39.1 Å². The molecule has 0 radical (unpaired) electrons. The van der Waals surface area contributed by atoms with E-state index in [0.29, 0.717) is 0 Å². The van der Waals surface area contributed by atoms with Crippen LogP contribution in [0.4, 0.5) is 0 Å². The molecule has 0 spiro atoms. The monoisotopic (exact) mass is 659 g/mol. The molecule has 52 heavy (non-hydrogen) atoms. The molecule has 1 aliphatic carbocycles. The number of hydrogen-bond donors (Lipinski definition) is 0. The Balaban J connectivity index is 1.36. The molecule has 9 aromatic carbocycles. The highest BCUT2D eigenvalue weighted by Crippen LogP contribution is 2.53. The van der Waals surface area contributed by atoms with E-state index in [1.165, 1.54) is 99.1 Å². The van der Waals surface area contributed by atoms with Crippen LogP contribution < -0.4 is 0 Å². The Kier molecular flexibility index (Phi) is 6.38. The minimum Gasteiger partial charge on any atom is -0.308 e. The Hall–Kier alpha value is -6.70. The lowest BCUT2D eigenvalue weighted by Crippen LogP contribution is -2.05. The predicted octanol–water partition coefficient (Wildman–Crippen LogP) is 13.6. The number of fused-ring (bicyclic) bond motifs is 8. The molecule has 1 aromatic heterocycles. The fourth-order valence-corrected chi connectivity index (χ4v) is 9.04. The van der Waals surface area contributed by atoms with Crippen LogP contribution in [0.25, 0.3) is 82.4 Å². The molecule has 0 N–H and O–H groups in total. The fourth-order valence-electron chi connectivity index (χ4n) is 9.04. The minimum atomic E-state index is 0.0817. The van der Waals surface area contributed by atoms with Crippen LogP contribution in [-0.2, 0) is 0 Å². The zero-order chi connectivity index (χ0) is 34.2. The van der Waals surface area contributed by atoms with Crippen molar-refractivity contribution >= 4 is 43.4 Å². The first kappa shape index (κ1) is 29.1. The van der Waals surface area contributed by atoms with Crippen molar-refractivity contribution in [2.24, 2.45) is 0 Å². The maximum absolute atomic E-state index is 2.53. The Morgan fingerprint density at radius 2 is 0.769 bits per heavy atom. The molecular formula is C51H33N. The van der Waals surface area contributed by atoms with Crippen LogP contribution in [0, 0.1) is 0 Å². The van der Waals surface area contributed by atoms with E-state index in [2.05, 4.69) is 199 Å². The van der Waals surface area contributed by atoms with E-state index >= 15 is 0 Å². The summed E-state index contributed by atoms with van der Waals surface area (Å²) in [6.07, 6.45) is 0. The number of hydrogen-bond acceptors (Lipinski definition) is 0. The number of benzene rings is 9. The number of nitrogens with zero attached hydrogens (tertiary/aromatic N) is 1. The van der Waals surface area contributed by atoms with Gasteiger partial charge in [0.2, 0.25) is 0 Å². The Morgan fingerprint density at radius 3 is 1.35 bits per heavy atom. The van der Waals surface area contributed by atoms with Gasteiger partial charge in [0.25, 0.3) is 0 Å². The van der Waals surface area contributed by atoms with Crippen LogP contribution >= 0.6 is 0 Å². The summed E-state index contributed by atoms with van der Waals surface area (Å²) in [6.45, 7) is 0. The topological polar surface area (TPSA) is 4.93 Å². The van der Waals surface area contributed by atoms with Gasteiger partial charge in [-0.1, -0.05) is 170 Å². The Labute approximate surface area is 302 Å². The summed E-state index contributed by atoms with van der Waals surface area (Å²) in [5.74, 6) is 0.0817. The third-order valence-corrected chi connectivity index (χ3v) is 11.3. The molecule has 10 aromatic rings. The standard InChI is InChI=1S/C51H33N/c1-3-15-33(16-4-1)35-28-30-44-45(31-35)50(49-41-23-9-7-19-37(41)38-20-8-10-24-42(38)49)43-29-27-36(34-17-5-2-6-18-34)32-46(43)51(44)52-47-25-13-11-21-39(47)40-22-12-14-26-48(40)52/h1-32,49H. The molecule has 242 valence electrons. The molecule has 0 fully saturated rings. The summed E-state index contributed by atoms with van der Waals surface area (Å²) in [7, 11) is 0. The Morgan fingerprint density at radius 1 is 0.308 bits per heavy atom. The van der Waals surface area contributed by atoms with Crippen molar-refractivity contribution in [2.45, 2.75) is 5.92 Å². The maximum atomic E-state index is 2.53. The first-order chi connectivity index (χ1) is 25.8. The van der Waals surface area contributed by atoms with Gasteiger partial charge in [-0.25, -0.2) is 0 Å². The first-order valence-corrected chi connectivity index (χ1v) is 18.1. The van der Waals surface area contributed by atoms with Crippen LogP contribution in [-0.4, -0.2) is 4.57 Å². The van der Waals surface area contributed by atoms with Crippen molar-refractivity contribution in [2.75, 3.05) is 0 Å². The quantitative estimate of drug-likeness (QED) is 0.166. The second-order valence-corrected chi connectivity index (χ2v) is 14.0. The molecular weight excluding hydrogens is 627 g/mol. The number of aromatic nitrogens is 1. The van der Waals surface area contributed by atoms with E-state index in [9.17, 15) is 0 Å². The van der Waals surface area contributed by atoms with Crippen molar-refractivity contribution in [1.29, 1.82) is 0 Å². The normalized spacial score (nSPS) is 12.5. The van der Waals surface area contributed by atoms with Gasteiger partial charge in [-0.2, -0.15) is 0 Å². The van der Waals surface area contributed by atoms with E-state index in [0.717, 1.165) is 0 Å². The second kappa shape index (κ2) is 11.4. The van der Waals surface area contributed by atoms with E-state index < -0.39 is 0 Å². The SMILES string of the molecule is c1ccc(-c2ccc3c(-n4c5ccccc5c5ccccc54)c4cc(-c5ccccc5)ccc4c(C4c5ccccc5-c5ccccc54)c3c2)cc1. The van der Waals surface area contributed by atoms with E-state index in [-0.39, 0.29) is 5.92 Å². The highest BCUT2D eigenvalue weighted by atomic mass is 15.0. The molecule has 0 saturated carbocycles. The molecule has 0 atom stereocenters. The molecule has 0 saturated heterocycles. The highest BCUT2D eigenvalue weighted by molar-refractivity contribution is 6.17. The van der Waals surface area contributed by atoms with Crippen LogP contribution in [0.15, 0.2) is 194 Å². The summed E-state index contributed by atoms with van der Waals surface area (Å²) in [4.78, 5) is 0. The van der Waals surface area contributed by atoms with Crippen molar-refractivity contribution < 1.29 is 0 Å². The molecule has 1 nitrogen and oxygen atoms in total. The molecule has 1 heterocycles. The van der Waals surface area contributed by atoms with Gasteiger partial charge in [0, 0.05) is 27.5 Å². The maximum Gasteiger partial charge on any atom is 0.0619 e. The molecule has 0 amide bonds. The van der Waals surface area contributed by atoms with Crippen LogP contribution in [0.5, 0.6) is 0 Å². The summed E-state index contributed by atoms with van der Waals surface area (Å²) < 4.78 is 2.53. The number of rotatable bonds is 4. The first-order valence-electron chi connectivity index (χ1n) is 18.1. The zero-order valence-corrected chi connectivity index (χ0v) is 28.5. The van der Waals surface area contributed by atoms with E-state index in [1.54, 1.807) is 0 Å². The average molecular weight is 660 g/mol. The van der Waals surface area contributed by atoms with Crippen LogP contribution in [0.1, 0.15) is 22.6 Å². The smallest absolute Gasteiger partial charge is 0.0619 e. The minimum absolute atomic E-state index is 0.0817. The summed E-state index contributed by atoms with van der Waals surface area (Å²) >= 11 is 0. The molecule has 1 aliphatic rings. The Bertz CT molecular complexity index is 2910. The van der Waals surface area contributed by atoms with E-state index in [4.69, 9.17) is 0 Å². The fraction of sp³-hybridized carbons (Fsp3) is 0.0196. The average Bonchev–Trinajstić information content (AvgIpc) is 3.73. The lowest BCUT2D eigenvalue weighted by molar-refractivity contribution is 1.04. The van der Waals surface area contributed by atoms with Gasteiger partial charge in [-0.15, -0.1) is 0 Å². The van der Waals surface area contributed by atoms with Crippen molar-refractivity contribution in [3.63, 3.8) is 0 Å². The van der Waals surface area contributed by atoms with Crippen LogP contribution in [0.2, 0.25) is 0 Å². The van der Waals surface area contributed by atoms with Gasteiger partial charge in [0.15, 0.2) is 0 Å². The third kappa shape index (κ3) is 4.23. The molecule has 1 heteroatoms. The molecule has 0 aliphatic heterocycles. The van der Waals surface area contributed by atoms with Crippen LogP contribution in [0.3, 0.4) is 0 Å². The summed E-state index contributed by atoms with van der Waals surface area (Å²) in [6, 6.07) is 71.8. The molecule has 0 bridgehead atoms. The van der Waals surface area contributed by atoms with Gasteiger partial charge in [-0.3, -0.25) is 0 Å². The lowest BCUT2D eigenvalue weighted by Gasteiger charge is -2.25. The van der Waals surface area contributed by atoms with Gasteiger partial charge >= 0.3 is 0 Å². The molecule has 0 unspecified atom stereocenters. The van der Waals surface area contributed by atoms with Gasteiger partial charge in [-0.05, 0) is 85.1 Å². The number of para-hydroxylation sites is 2. The second-order valence-electron chi connectivity index (χ2n) is 14.0. The molecule has 11 rings (SSSR count). The largest absolute Gasteiger partial charge is 0.308 e. The highest BCUT2D eigenvalue weighted by Gasteiger charge is 2.33. The van der Waals surface area contributed by atoms with Gasteiger partial charge in [0.05, 0.1) is 16.7 Å².